The number of hydrogen-bond donors (Lipinski definition) is 5. The van der Waals surface area contributed by atoms with E-state index in [4.69, 9.17) is 10.8 Å². The zero-order valence-electron chi connectivity index (χ0n) is 9.79. The molecule has 18 heavy (non-hydrogen) atoms. The van der Waals surface area contributed by atoms with Crippen molar-refractivity contribution in [3.8, 4) is 5.75 Å². The first-order valence-electron chi connectivity index (χ1n) is 5.09. The van der Waals surface area contributed by atoms with Gasteiger partial charge in [0.2, 0.25) is 10.0 Å². The van der Waals surface area contributed by atoms with Gasteiger partial charge in [0.1, 0.15) is 5.75 Å². The van der Waals surface area contributed by atoms with Crippen molar-refractivity contribution in [2.24, 2.45) is 0 Å². The molecule has 1 atom stereocenters. The molecule has 0 heterocycles. The Morgan fingerprint density at radius 2 is 2.06 bits per heavy atom. The highest BCUT2D eigenvalue weighted by molar-refractivity contribution is 7.89. The molecule has 1 aromatic rings. The molecule has 102 valence electrons. The smallest absolute Gasteiger partial charge is 0.240 e. The Morgan fingerprint density at radius 3 is 2.56 bits per heavy atom. The summed E-state index contributed by atoms with van der Waals surface area (Å²) in [5, 5.41) is 27.5. The third-order valence-corrected chi connectivity index (χ3v) is 3.69. The molecule has 6 N–H and O–H groups in total. The number of sulfonamides is 1. The second-order valence-corrected chi connectivity index (χ2v) is 5.97. The molecular weight excluding hydrogens is 260 g/mol. The zero-order chi connectivity index (χ0) is 14.0. The number of aliphatic hydroxyl groups is 2. The van der Waals surface area contributed by atoms with Crippen molar-refractivity contribution in [1.29, 1.82) is 0 Å². The molecule has 0 saturated carbocycles. The van der Waals surface area contributed by atoms with Crippen molar-refractivity contribution < 1.29 is 23.7 Å². The van der Waals surface area contributed by atoms with Crippen LogP contribution in [-0.4, -0.2) is 42.5 Å². The van der Waals surface area contributed by atoms with E-state index in [0.717, 1.165) is 12.1 Å². The first kappa shape index (κ1) is 14.7. The van der Waals surface area contributed by atoms with Crippen molar-refractivity contribution in [3.05, 3.63) is 18.2 Å². The molecule has 1 unspecified atom stereocenters. The molecule has 0 radical (unpaired) electrons. The molecule has 1 rings (SSSR count). The summed E-state index contributed by atoms with van der Waals surface area (Å²) >= 11 is 0. The molecule has 0 aromatic heterocycles. The van der Waals surface area contributed by atoms with Gasteiger partial charge in [0.05, 0.1) is 22.8 Å². The second-order valence-electron chi connectivity index (χ2n) is 4.20. The van der Waals surface area contributed by atoms with E-state index in [1.807, 2.05) is 0 Å². The molecule has 0 fully saturated rings. The van der Waals surface area contributed by atoms with Crippen LogP contribution in [-0.2, 0) is 10.0 Å². The van der Waals surface area contributed by atoms with Gasteiger partial charge in [-0.25, -0.2) is 13.1 Å². The molecular formula is C10H16N2O5S. The van der Waals surface area contributed by atoms with Gasteiger partial charge in [-0.2, -0.15) is 0 Å². The largest absolute Gasteiger partial charge is 0.506 e. The van der Waals surface area contributed by atoms with Crippen LogP contribution in [0, 0.1) is 0 Å². The molecule has 0 amide bonds. The van der Waals surface area contributed by atoms with Crippen LogP contribution in [0.5, 0.6) is 5.75 Å². The van der Waals surface area contributed by atoms with E-state index in [1.165, 1.54) is 13.0 Å². The Labute approximate surface area is 105 Å². The molecule has 8 heteroatoms. The van der Waals surface area contributed by atoms with Crippen LogP contribution >= 0.6 is 0 Å². The van der Waals surface area contributed by atoms with Crippen LogP contribution in [0.3, 0.4) is 0 Å². The number of phenolic OH excluding ortho intramolecular Hbond substituents is 1. The Kier molecular flexibility index (Phi) is 4.17. The van der Waals surface area contributed by atoms with Crippen LogP contribution in [0.1, 0.15) is 6.92 Å². The summed E-state index contributed by atoms with van der Waals surface area (Å²) in [4.78, 5) is -0.133. The lowest BCUT2D eigenvalue weighted by Gasteiger charge is -2.20. The van der Waals surface area contributed by atoms with E-state index in [1.54, 1.807) is 0 Å². The highest BCUT2D eigenvalue weighted by Crippen LogP contribution is 2.23. The van der Waals surface area contributed by atoms with Gasteiger partial charge in [-0.15, -0.1) is 0 Å². The van der Waals surface area contributed by atoms with Crippen molar-refractivity contribution in [3.63, 3.8) is 0 Å². The van der Waals surface area contributed by atoms with Gasteiger partial charge in [0, 0.05) is 6.54 Å². The molecule has 7 nitrogen and oxygen atoms in total. The van der Waals surface area contributed by atoms with Crippen molar-refractivity contribution in [1.82, 2.24) is 4.72 Å². The fraction of sp³-hybridized carbons (Fsp3) is 0.400. The number of phenols is 1. The van der Waals surface area contributed by atoms with E-state index in [0.29, 0.717) is 0 Å². The maximum atomic E-state index is 11.8. The van der Waals surface area contributed by atoms with Crippen LogP contribution in [0.15, 0.2) is 23.1 Å². The predicted molar refractivity (Wildman–Crippen MR) is 65.4 cm³/mol. The van der Waals surface area contributed by atoms with Gasteiger partial charge in [-0.05, 0) is 25.1 Å². The maximum absolute atomic E-state index is 11.8. The number of aliphatic hydroxyl groups excluding tert-OH is 1. The first-order valence-corrected chi connectivity index (χ1v) is 6.58. The highest BCUT2D eigenvalue weighted by Gasteiger charge is 2.23. The van der Waals surface area contributed by atoms with Crippen molar-refractivity contribution >= 4 is 15.7 Å². The lowest BCUT2D eigenvalue weighted by Crippen LogP contribution is -2.43. The Balaban J connectivity index is 2.90. The molecule has 0 aliphatic carbocycles. The second kappa shape index (κ2) is 5.11. The standard InChI is InChI=1S/C10H16N2O5S/c1-10(15,6-13)5-12-18(16,17)7-2-3-9(14)8(11)4-7/h2-4,12-15H,5-6,11H2,1H3. The summed E-state index contributed by atoms with van der Waals surface area (Å²) in [6.07, 6.45) is 0. The SMILES string of the molecule is CC(O)(CO)CNS(=O)(=O)c1ccc(O)c(N)c1. The molecule has 0 bridgehead atoms. The molecule has 0 aliphatic rings. The minimum Gasteiger partial charge on any atom is -0.506 e. The third kappa shape index (κ3) is 3.57. The number of nitrogen functional groups attached to an aromatic ring is 1. The lowest BCUT2D eigenvalue weighted by molar-refractivity contribution is 0.00681. The van der Waals surface area contributed by atoms with Crippen LogP contribution in [0.4, 0.5) is 5.69 Å². The van der Waals surface area contributed by atoms with Gasteiger partial charge in [0.25, 0.3) is 0 Å². The number of nitrogens with one attached hydrogen (secondary N) is 1. The average Bonchev–Trinajstić information content (AvgIpc) is 2.30. The molecule has 1 aromatic carbocycles. The maximum Gasteiger partial charge on any atom is 0.240 e. The number of anilines is 1. The van der Waals surface area contributed by atoms with Crippen LogP contribution in [0.25, 0.3) is 0 Å². The molecule has 0 spiro atoms. The normalized spacial score (nSPS) is 15.3. The summed E-state index contributed by atoms with van der Waals surface area (Å²) in [6, 6.07) is 3.45. The minimum absolute atomic E-state index is 0.0632. The topological polar surface area (TPSA) is 133 Å². The van der Waals surface area contributed by atoms with Gasteiger partial charge >= 0.3 is 0 Å². The summed E-state index contributed by atoms with van der Waals surface area (Å²) in [5.74, 6) is -0.212. The number of aromatic hydroxyl groups is 1. The lowest BCUT2D eigenvalue weighted by atomic mass is 10.1. The third-order valence-electron chi connectivity index (χ3n) is 2.29. The average molecular weight is 276 g/mol. The van der Waals surface area contributed by atoms with E-state index in [-0.39, 0.29) is 22.9 Å². The van der Waals surface area contributed by atoms with Gasteiger partial charge in [-0.1, -0.05) is 0 Å². The number of nitrogens with two attached hydrogens (primary N) is 1. The van der Waals surface area contributed by atoms with Crippen molar-refractivity contribution in [2.45, 2.75) is 17.4 Å². The summed E-state index contributed by atoms with van der Waals surface area (Å²) in [6.45, 7) is 0.376. The quantitative estimate of drug-likeness (QED) is 0.346. The van der Waals surface area contributed by atoms with Crippen LogP contribution < -0.4 is 10.5 Å². The van der Waals surface area contributed by atoms with E-state index in [2.05, 4.69) is 4.72 Å². The Morgan fingerprint density at radius 1 is 1.44 bits per heavy atom. The van der Waals surface area contributed by atoms with Gasteiger partial charge in [-0.3, -0.25) is 0 Å². The summed E-state index contributed by atoms with van der Waals surface area (Å²) in [5.41, 5.74) is 3.78. The van der Waals surface area contributed by atoms with E-state index < -0.39 is 22.2 Å². The van der Waals surface area contributed by atoms with E-state index in [9.17, 15) is 18.6 Å². The zero-order valence-corrected chi connectivity index (χ0v) is 10.6. The summed E-state index contributed by atoms with van der Waals surface area (Å²) in [7, 11) is -3.86. The first-order chi connectivity index (χ1) is 8.18. The predicted octanol–water partition coefficient (Wildman–Crippen LogP) is -1.00. The number of benzene rings is 1. The van der Waals surface area contributed by atoms with Crippen LogP contribution in [0.2, 0.25) is 0 Å². The van der Waals surface area contributed by atoms with Gasteiger partial charge < -0.3 is 21.1 Å². The summed E-state index contributed by atoms with van der Waals surface area (Å²) < 4.78 is 25.8. The molecule has 0 aliphatic heterocycles. The van der Waals surface area contributed by atoms with Crippen molar-refractivity contribution in [2.75, 3.05) is 18.9 Å². The van der Waals surface area contributed by atoms with E-state index >= 15 is 0 Å². The Bertz CT molecular complexity index is 527. The molecule has 0 saturated heterocycles. The Hall–Kier alpha value is -1.35. The monoisotopic (exact) mass is 276 g/mol. The van der Waals surface area contributed by atoms with Gasteiger partial charge in [0.15, 0.2) is 0 Å². The number of hydrogen-bond acceptors (Lipinski definition) is 6. The minimum atomic E-state index is -3.86. The fourth-order valence-corrected chi connectivity index (χ4v) is 2.29. The number of rotatable bonds is 5. The fourth-order valence-electron chi connectivity index (χ4n) is 1.09. The highest BCUT2D eigenvalue weighted by atomic mass is 32.2.